The molecule has 4 rings (SSSR count). The van der Waals surface area contributed by atoms with Crippen LogP contribution < -0.4 is 10.1 Å². The van der Waals surface area contributed by atoms with Crippen molar-refractivity contribution in [2.24, 2.45) is 0 Å². The van der Waals surface area contributed by atoms with Crippen LogP contribution in [-0.2, 0) is 0 Å². The molecular weight excluding hydrogens is 373 g/mol. The highest BCUT2D eigenvalue weighted by Crippen LogP contribution is 2.30. The number of halogens is 1. The summed E-state index contributed by atoms with van der Waals surface area (Å²) in [4.78, 5) is 19.6. The summed E-state index contributed by atoms with van der Waals surface area (Å²) in [6.45, 7) is 8.12. The van der Waals surface area contributed by atoms with Crippen LogP contribution in [0.2, 0.25) is 0 Å². The molecule has 2 bridgehead atoms. The third-order valence-corrected chi connectivity index (χ3v) is 5.07. The van der Waals surface area contributed by atoms with Crippen molar-refractivity contribution in [2.75, 3.05) is 11.9 Å². The molecule has 0 fully saturated rings. The van der Waals surface area contributed by atoms with E-state index in [9.17, 15) is 9.18 Å². The van der Waals surface area contributed by atoms with Gasteiger partial charge in [-0.3, -0.25) is 4.79 Å². The maximum Gasteiger partial charge on any atom is 0.259 e. The fraction of sp³-hybridized carbons (Fsp3) is 0.381. The molecule has 1 aliphatic heterocycles. The van der Waals surface area contributed by atoms with Crippen molar-refractivity contribution in [1.29, 1.82) is 0 Å². The first-order chi connectivity index (χ1) is 13.8. The van der Waals surface area contributed by atoms with E-state index in [0.717, 1.165) is 0 Å². The summed E-state index contributed by atoms with van der Waals surface area (Å²) in [5.74, 6) is 0.664. The number of carbonyl (C=O) groups excluding carboxylic acids is 1. The Bertz CT molecular complexity index is 1060. The molecule has 0 unspecified atom stereocenters. The zero-order valence-corrected chi connectivity index (χ0v) is 16.9. The van der Waals surface area contributed by atoms with Crippen molar-refractivity contribution >= 4 is 17.4 Å². The summed E-state index contributed by atoms with van der Waals surface area (Å²) < 4.78 is 21.7. The smallest absolute Gasteiger partial charge is 0.259 e. The maximum absolute atomic E-state index is 14.0. The van der Waals surface area contributed by atoms with Crippen LogP contribution in [0.5, 0.6) is 5.75 Å². The number of amides is 1. The minimum atomic E-state index is -0.335. The molecule has 1 N–H and O–H groups in total. The van der Waals surface area contributed by atoms with Crippen LogP contribution in [0.3, 0.4) is 0 Å². The van der Waals surface area contributed by atoms with E-state index in [1.165, 1.54) is 12.1 Å². The lowest BCUT2D eigenvalue weighted by Crippen LogP contribution is -2.43. The van der Waals surface area contributed by atoms with E-state index in [2.05, 4.69) is 15.4 Å². The van der Waals surface area contributed by atoms with Gasteiger partial charge in [0, 0.05) is 17.8 Å². The molecule has 1 amide bonds. The molecular formula is C21H24FN5O2. The molecule has 2 aromatic heterocycles. The van der Waals surface area contributed by atoms with Gasteiger partial charge in [-0.15, -0.1) is 0 Å². The van der Waals surface area contributed by atoms with Gasteiger partial charge < -0.3 is 15.0 Å². The van der Waals surface area contributed by atoms with Crippen LogP contribution in [0, 0.1) is 5.82 Å². The molecule has 1 aliphatic rings. The van der Waals surface area contributed by atoms with Gasteiger partial charge >= 0.3 is 0 Å². The van der Waals surface area contributed by atoms with Gasteiger partial charge in [0.2, 0.25) is 0 Å². The van der Waals surface area contributed by atoms with Gasteiger partial charge in [0.15, 0.2) is 5.65 Å². The number of hydrogen-bond donors (Lipinski definition) is 1. The van der Waals surface area contributed by atoms with E-state index >= 15 is 0 Å². The lowest BCUT2D eigenvalue weighted by molar-refractivity contribution is 0.0610. The third kappa shape index (κ3) is 3.62. The van der Waals surface area contributed by atoms with Gasteiger partial charge in [0.05, 0.1) is 18.8 Å². The van der Waals surface area contributed by atoms with Crippen LogP contribution in [0.1, 0.15) is 49.7 Å². The summed E-state index contributed by atoms with van der Waals surface area (Å²) in [7, 11) is 0. The highest BCUT2D eigenvalue weighted by Gasteiger charge is 2.26. The van der Waals surface area contributed by atoms with Gasteiger partial charge in [0.25, 0.3) is 5.91 Å². The predicted octanol–water partition coefficient (Wildman–Crippen LogP) is 3.67. The molecule has 8 heteroatoms. The van der Waals surface area contributed by atoms with Gasteiger partial charge in [-0.25, -0.2) is 13.9 Å². The van der Waals surface area contributed by atoms with Gasteiger partial charge in [-0.05, 0) is 52.0 Å². The molecule has 1 aromatic carbocycles. The van der Waals surface area contributed by atoms with E-state index in [1.54, 1.807) is 33.9 Å². The SMILES string of the molecule is CC(C)N1C[C@H](C)Oc2ccc(F)cc2[C@@H](C)Nc2ccn3ncc(c3n2)C1=O. The quantitative estimate of drug-likeness (QED) is 0.678. The minimum absolute atomic E-state index is 0.0402. The molecule has 2 atom stereocenters. The average Bonchev–Trinajstić information content (AvgIpc) is 3.09. The molecule has 0 aliphatic carbocycles. The highest BCUT2D eigenvalue weighted by atomic mass is 19.1. The van der Waals surface area contributed by atoms with Crippen molar-refractivity contribution in [3.8, 4) is 5.75 Å². The van der Waals surface area contributed by atoms with Crippen molar-refractivity contribution in [3.05, 3.63) is 53.6 Å². The van der Waals surface area contributed by atoms with Crippen molar-refractivity contribution in [3.63, 3.8) is 0 Å². The second kappa shape index (κ2) is 7.35. The Kier molecular flexibility index (Phi) is 4.86. The van der Waals surface area contributed by atoms with Crippen molar-refractivity contribution in [2.45, 2.75) is 45.9 Å². The summed E-state index contributed by atoms with van der Waals surface area (Å²) >= 11 is 0. The van der Waals surface area contributed by atoms with E-state index < -0.39 is 0 Å². The maximum atomic E-state index is 14.0. The summed E-state index contributed by atoms with van der Waals surface area (Å²) in [6, 6.07) is 5.95. The Hall–Kier alpha value is -3.16. The van der Waals surface area contributed by atoms with Crippen LogP contribution in [-0.4, -0.2) is 44.1 Å². The van der Waals surface area contributed by atoms with Gasteiger partial charge in [-0.2, -0.15) is 5.10 Å². The monoisotopic (exact) mass is 397 g/mol. The number of benzene rings is 1. The molecule has 0 spiro atoms. The highest BCUT2D eigenvalue weighted by molar-refractivity contribution is 6.00. The molecule has 7 nitrogen and oxygen atoms in total. The molecule has 0 saturated heterocycles. The lowest BCUT2D eigenvalue weighted by Gasteiger charge is -2.30. The van der Waals surface area contributed by atoms with E-state index in [4.69, 9.17) is 4.74 Å². The Balaban J connectivity index is 1.86. The third-order valence-electron chi connectivity index (χ3n) is 5.07. The lowest BCUT2D eigenvalue weighted by atomic mass is 10.1. The number of aromatic nitrogens is 3. The first kappa shape index (κ1) is 19.2. The zero-order chi connectivity index (χ0) is 20.7. The second-order valence-electron chi connectivity index (χ2n) is 7.67. The molecule has 0 radical (unpaired) electrons. The van der Waals surface area contributed by atoms with Crippen LogP contribution >= 0.6 is 0 Å². The summed E-state index contributed by atoms with van der Waals surface area (Å²) in [6.07, 6.45) is 3.00. The first-order valence-corrected chi connectivity index (χ1v) is 9.71. The number of nitrogens with one attached hydrogen (secondary N) is 1. The molecule has 3 aromatic rings. The van der Waals surface area contributed by atoms with Crippen molar-refractivity contribution in [1.82, 2.24) is 19.5 Å². The second-order valence-corrected chi connectivity index (χ2v) is 7.67. The minimum Gasteiger partial charge on any atom is -0.489 e. The van der Waals surface area contributed by atoms with Crippen LogP contribution in [0.15, 0.2) is 36.7 Å². The largest absolute Gasteiger partial charge is 0.489 e. The standard InChI is InChI=1S/C21H24FN5O2/c1-12(2)26-11-13(3)29-18-6-5-15(22)9-16(18)14(4)24-19-7-8-27-20(25-19)17(10-23-27)21(26)28/h5-10,12-14H,11H2,1-4H3,(H,24,25)/t13-,14+/m0/s1. The number of nitrogens with zero attached hydrogens (tertiary/aromatic N) is 4. The topological polar surface area (TPSA) is 71.8 Å². The fourth-order valence-corrected chi connectivity index (χ4v) is 3.58. The van der Waals surface area contributed by atoms with Crippen molar-refractivity contribution < 1.29 is 13.9 Å². The number of hydrogen-bond acceptors (Lipinski definition) is 5. The molecule has 29 heavy (non-hydrogen) atoms. The Labute approximate surface area is 168 Å². The number of fused-ring (bicyclic) bond motifs is 2. The first-order valence-electron chi connectivity index (χ1n) is 9.71. The fourth-order valence-electron chi connectivity index (χ4n) is 3.58. The molecule has 0 saturated carbocycles. The number of ether oxygens (including phenoxy) is 1. The van der Waals surface area contributed by atoms with E-state index in [1.807, 2.05) is 27.7 Å². The number of rotatable bonds is 1. The Morgan fingerprint density at radius 1 is 1.28 bits per heavy atom. The zero-order valence-electron chi connectivity index (χ0n) is 16.9. The number of anilines is 1. The molecule has 3 heterocycles. The Morgan fingerprint density at radius 3 is 2.83 bits per heavy atom. The predicted molar refractivity (Wildman–Crippen MR) is 108 cm³/mol. The van der Waals surface area contributed by atoms with E-state index in [0.29, 0.717) is 34.9 Å². The Morgan fingerprint density at radius 2 is 2.07 bits per heavy atom. The van der Waals surface area contributed by atoms with Crippen LogP contribution in [0.4, 0.5) is 10.2 Å². The van der Waals surface area contributed by atoms with Gasteiger partial charge in [0.1, 0.15) is 29.1 Å². The van der Waals surface area contributed by atoms with E-state index in [-0.39, 0.29) is 29.9 Å². The summed E-state index contributed by atoms with van der Waals surface area (Å²) in [5.41, 5.74) is 1.60. The van der Waals surface area contributed by atoms with Crippen LogP contribution in [0.25, 0.3) is 5.65 Å². The van der Waals surface area contributed by atoms with Gasteiger partial charge in [-0.1, -0.05) is 0 Å². The summed E-state index contributed by atoms with van der Waals surface area (Å²) in [5, 5.41) is 7.54. The average molecular weight is 397 g/mol. The molecule has 152 valence electrons. The normalized spacial score (nSPS) is 19.9. The number of carbonyl (C=O) groups is 1.